The second-order valence-corrected chi connectivity index (χ2v) is 9.18. The molecule has 0 unspecified atom stereocenters. The molecule has 13 heteroatoms. The van der Waals surface area contributed by atoms with E-state index in [-0.39, 0.29) is 22.5 Å². The second-order valence-electron chi connectivity index (χ2n) is 6.61. The van der Waals surface area contributed by atoms with Crippen molar-refractivity contribution in [1.29, 1.82) is 0 Å². The monoisotopic (exact) mass is 513 g/mol. The molecule has 0 radical (unpaired) electrons. The van der Waals surface area contributed by atoms with Gasteiger partial charge in [-0.05, 0) is 12.1 Å². The molecule has 0 saturated carbocycles. The molecule has 0 spiro atoms. The van der Waals surface area contributed by atoms with Crippen LogP contribution in [0.15, 0.2) is 36.5 Å². The molecule has 0 saturated heterocycles. The van der Waals surface area contributed by atoms with Crippen LogP contribution in [0, 0.1) is 0 Å². The average molecular weight is 514 g/mol. The predicted octanol–water partition coefficient (Wildman–Crippen LogP) is 4.67. The molecule has 0 atom stereocenters. The van der Waals surface area contributed by atoms with E-state index in [2.05, 4.69) is 25.3 Å². The van der Waals surface area contributed by atoms with E-state index in [1.165, 1.54) is 33.6 Å². The number of nitrogens with zero attached hydrogens (tertiary/aromatic N) is 2. The smallest absolute Gasteiger partial charge is 0.229 e. The molecule has 0 amide bonds. The normalized spacial score (nSPS) is 11.0. The Morgan fingerprint density at radius 2 is 1.55 bits per heavy atom. The Balaban J connectivity index is 1.94. The van der Waals surface area contributed by atoms with Crippen LogP contribution in [0.1, 0.15) is 0 Å². The maximum absolute atomic E-state index is 11.8. The highest BCUT2D eigenvalue weighted by Gasteiger charge is 2.15. The summed E-state index contributed by atoms with van der Waals surface area (Å²) in [5.41, 5.74) is 1.13. The van der Waals surface area contributed by atoms with Crippen LogP contribution in [0.25, 0.3) is 0 Å². The van der Waals surface area contributed by atoms with Crippen molar-refractivity contribution in [3.63, 3.8) is 0 Å². The zero-order valence-electron chi connectivity index (χ0n) is 18.1. The third-order valence-electron chi connectivity index (χ3n) is 4.24. The third kappa shape index (κ3) is 6.21. The quantitative estimate of drug-likeness (QED) is 0.374. The average Bonchev–Trinajstić information content (AvgIpc) is 2.77. The molecule has 2 aromatic carbocycles. The Kier molecular flexibility index (Phi) is 7.57. The van der Waals surface area contributed by atoms with Crippen molar-refractivity contribution in [1.82, 2.24) is 9.97 Å². The number of benzene rings is 2. The zero-order chi connectivity index (χ0) is 24.2. The van der Waals surface area contributed by atoms with Crippen molar-refractivity contribution >= 4 is 62.1 Å². The van der Waals surface area contributed by atoms with Gasteiger partial charge in [0.25, 0.3) is 0 Å². The summed E-state index contributed by atoms with van der Waals surface area (Å²) >= 11 is 12.6. The van der Waals surface area contributed by atoms with E-state index in [1.54, 1.807) is 24.3 Å². The number of sulfonamides is 1. The minimum Gasteiger partial charge on any atom is -0.497 e. The maximum Gasteiger partial charge on any atom is 0.229 e. The van der Waals surface area contributed by atoms with Gasteiger partial charge in [0, 0.05) is 18.2 Å². The highest BCUT2D eigenvalue weighted by atomic mass is 35.5. The molecule has 1 heterocycles. The van der Waals surface area contributed by atoms with Crippen LogP contribution >= 0.6 is 23.2 Å². The van der Waals surface area contributed by atoms with Crippen LogP contribution in [-0.2, 0) is 10.0 Å². The Labute approximate surface area is 201 Å². The number of methoxy groups -OCH3 is 3. The Morgan fingerprint density at radius 3 is 2.18 bits per heavy atom. The predicted molar refractivity (Wildman–Crippen MR) is 130 cm³/mol. The van der Waals surface area contributed by atoms with Gasteiger partial charge in [-0.2, -0.15) is 4.98 Å². The number of hydrogen-bond acceptors (Lipinski definition) is 9. The molecule has 176 valence electrons. The van der Waals surface area contributed by atoms with E-state index in [1.807, 2.05) is 0 Å². The largest absolute Gasteiger partial charge is 0.497 e. The summed E-state index contributed by atoms with van der Waals surface area (Å²) in [6, 6.07) is 8.06. The summed E-state index contributed by atoms with van der Waals surface area (Å²) in [7, 11) is 0.939. The van der Waals surface area contributed by atoms with Crippen molar-refractivity contribution < 1.29 is 22.6 Å². The van der Waals surface area contributed by atoms with Crippen molar-refractivity contribution in [2.45, 2.75) is 0 Å². The fourth-order valence-corrected chi connectivity index (χ4v) is 3.66. The Hall–Kier alpha value is -3.15. The number of aromatic nitrogens is 2. The molecule has 0 bridgehead atoms. The van der Waals surface area contributed by atoms with Gasteiger partial charge >= 0.3 is 0 Å². The zero-order valence-corrected chi connectivity index (χ0v) is 20.4. The first-order valence-electron chi connectivity index (χ1n) is 9.27. The van der Waals surface area contributed by atoms with Crippen molar-refractivity contribution in [3.8, 4) is 17.2 Å². The summed E-state index contributed by atoms with van der Waals surface area (Å²) in [4.78, 5) is 8.55. The van der Waals surface area contributed by atoms with Gasteiger partial charge in [0.1, 0.15) is 10.8 Å². The highest BCUT2D eigenvalue weighted by Crippen LogP contribution is 2.37. The van der Waals surface area contributed by atoms with E-state index < -0.39 is 10.0 Å². The number of ether oxygens (including phenoxy) is 3. The second kappa shape index (κ2) is 10.2. The SMILES string of the molecule is COc1ccc(Nc2nc(Nc3cc(OC)c(OC)cc3Cl)ncc2Cl)c(NS(C)(=O)=O)c1. The summed E-state index contributed by atoms with van der Waals surface area (Å²) in [5, 5.41) is 6.58. The van der Waals surface area contributed by atoms with E-state index in [0.29, 0.717) is 33.6 Å². The fraction of sp³-hybridized carbons (Fsp3) is 0.200. The molecule has 10 nitrogen and oxygen atoms in total. The molecular weight excluding hydrogens is 493 g/mol. The van der Waals surface area contributed by atoms with Gasteiger partial charge in [-0.25, -0.2) is 13.4 Å². The van der Waals surface area contributed by atoms with Gasteiger partial charge in [0.2, 0.25) is 16.0 Å². The molecule has 0 aliphatic rings. The molecule has 33 heavy (non-hydrogen) atoms. The number of hydrogen-bond donors (Lipinski definition) is 3. The van der Waals surface area contributed by atoms with E-state index in [0.717, 1.165) is 6.26 Å². The van der Waals surface area contributed by atoms with E-state index in [4.69, 9.17) is 37.4 Å². The minimum atomic E-state index is -3.55. The van der Waals surface area contributed by atoms with Gasteiger partial charge in [0.15, 0.2) is 17.3 Å². The van der Waals surface area contributed by atoms with Gasteiger partial charge in [-0.1, -0.05) is 23.2 Å². The van der Waals surface area contributed by atoms with Crippen LogP contribution in [0.5, 0.6) is 17.2 Å². The lowest BCUT2D eigenvalue weighted by Crippen LogP contribution is -2.11. The standard InChI is InChI=1S/C20H21Cl2N5O5S/c1-30-11-5-6-14(16(7-11)27-33(4,28)29)24-19-13(22)10-23-20(26-19)25-15-9-18(32-3)17(31-2)8-12(15)21/h5-10,27H,1-4H3,(H2,23,24,25,26). The van der Waals surface area contributed by atoms with Crippen LogP contribution < -0.4 is 29.6 Å². The van der Waals surface area contributed by atoms with Crippen molar-refractivity contribution in [2.24, 2.45) is 0 Å². The van der Waals surface area contributed by atoms with Crippen LogP contribution in [-0.4, -0.2) is 46.0 Å². The first-order chi connectivity index (χ1) is 15.6. The van der Waals surface area contributed by atoms with Gasteiger partial charge < -0.3 is 24.8 Å². The number of rotatable bonds is 9. The van der Waals surface area contributed by atoms with Crippen LogP contribution in [0.3, 0.4) is 0 Å². The van der Waals surface area contributed by atoms with Gasteiger partial charge in [0.05, 0.1) is 55.9 Å². The van der Waals surface area contributed by atoms with Crippen LogP contribution in [0.4, 0.5) is 28.8 Å². The molecule has 0 aliphatic heterocycles. The number of anilines is 5. The summed E-state index contributed by atoms with van der Waals surface area (Å²) in [6.45, 7) is 0. The van der Waals surface area contributed by atoms with Gasteiger partial charge in [-0.15, -0.1) is 0 Å². The lowest BCUT2D eigenvalue weighted by Gasteiger charge is -2.16. The maximum atomic E-state index is 11.8. The topological polar surface area (TPSA) is 124 Å². The summed E-state index contributed by atoms with van der Waals surface area (Å²) < 4.78 is 41.7. The Bertz CT molecular complexity index is 1270. The molecule has 0 fully saturated rings. The lowest BCUT2D eigenvalue weighted by atomic mass is 10.2. The van der Waals surface area contributed by atoms with E-state index >= 15 is 0 Å². The number of nitrogens with one attached hydrogen (secondary N) is 3. The molecule has 3 aromatic rings. The molecule has 3 N–H and O–H groups in total. The first kappa shape index (κ1) is 24.5. The van der Waals surface area contributed by atoms with Crippen LogP contribution in [0.2, 0.25) is 10.0 Å². The molecule has 3 rings (SSSR count). The van der Waals surface area contributed by atoms with E-state index in [9.17, 15) is 8.42 Å². The lowest BCUT2D eigenvalue weighted by molar-refractivity contribution is 0.355. The fourth-order valence-electron chi connectivity index (χ4n) is 2.76. The van der Waals surface area contributed by atoms with Crippen molar-refractivity contribution in [2.75, 3.05) is 42.9 Å². The van der Waals surface area contributed by atoms with Crippen molar-refractivity contribution in [3.05, 3.63) is 46.6 Å². The number of halogens is 2. The minimum absolute atomic E-state index is 0.183. The molecule has 0 aliphatic carbocycles. The molecule has 1 aromatic heterocycles. The molecular formula is C20H21Cl2N5O5S. The Morgan fingerprint density at radius 1 is 0.848 bits per heavy atom. The first-order valence-corrected chi connectivity index (χ1v) is 11.9. The third-order valence-corrected chi connectivity index (χ3v) is 5.42. The van der Waals surface area contributed by atoms with Gasteiger partial charge in [-0.3, -0.25) is 4.72 Å². The highest BCUT2D eigenvalue weighted by molar-refractivity contribution is 7.92. The summed E-state index contributed by atoms with van der Waals surface area (Å²) in [6.07, 6.45) is 2.43. The summed E-state index contributed by atoms with van der Waals surface area (Å²) in [5.74, 6) is 1.81.